The van der Waals surface area contributed by atoms with Crippen molar-refractivity contribution in [1.82, 2.24) is 0 Å². The third-order valence-electron chi connectivity index (χ3n) is 3.26. The predicted molar refractivity (Wildman–Crippen MR) is 49.9 cm³/mol. The van der Waals surface area contributed by atoms with Crippen LogP contribution in [0.2, 0.25) is 0 Å². The first kappa shape index (κ1) is 8.06. The van der Waals surface area contributed by atoms with Crippen LogP contribution in [0, 0.1) is 11.3 Å². The molecule has 2 atom stereocenters. The molecular formula is C11H16O. The van der Waals surface area contributed by atoms with Gasteiger partial charge in [-0.1, -0.05) is 24.6 Å². The van der Waals surface area contributed by atoms with Crippen LogP contribution < -0.4 is 0 Å². The third kappa shape index (κ3) is 1.04. The van der Waals surface area contributed by atoms with Crippen LogP contribution in [0.15, 0.2) is 24.3 Å². The number of rotatable bonds is 2. The smallest absolute Gasteiger partial charge is 0.0650 e. The summed E-state index contributed by atoms with van der Waals surface area (Å²) in [7, 11) is 0. The second-order valence-electron chi connectivity index (χ2n) is 4.19. The topological polar surface area (TPSA) is 9.23 Å². The number of fused-ring (bicyclic) bond motifs is 1. The molecular weight excluding hydrogens is 148 g/mol. The van der Waals surface area contributed by atoms with E-state index in [-0.39, 0.29) is 0 Å². The molecule has 0 aromatic heterocycles. The van der Waals surface area contributed by atoms with Crippen LogP contribution in [-0.4, -0.2) is 13.2 Å². The molecule has 0 aromatic carbocycles. The molecule has 2 aliphatic rings. The van der Waals surface area contributed by atoms with Crippen LogP contribution in [-0.2, 0) is 4.74 Å². The molecule has 2 unspecified atom stereocenters. The van der Waals surface area contributed by atoms with E-state index in [4.69, 9.17) is 4.74 Å². The van der Waals surface area contributed by atoms with Crippen LogP contribution in [0.4, 0.5) is 0 Å². The summed E-state index contributed by atoms with van der Waals surface area (Å²) in [6, 6.07) is 0. The molecule has 1 fully saturated rings. The lowest BCUT2D eigenvalue weighted by Crippen LogP contribution is -2.44. The molecule has 0 bridgehead atoms. The lowest BCUT2D eigenvalue weighted by Gasteiger charge is -2.50. The molecule has 0 saturated heterocycles. The summed E-state index contributed by atoms with van der Waals surface area (Å²) < 4.78 is 5.43. The summed E-state index contributed by atoms with van der Waals surface area (Å²) in [5.74, 6) is 0.684. The molecule has 12 heavy (non-hydrogen) atoms. The fraction of sp³-hybridized carbons (Fsp3) is 0.636. The van der Waals surface area contributed by atoms with Gasteiger partial charge < -0.3 is 4.74 Å². The van der Waals surface area contributed by atoms with Gasteiger partial charge in [0.15, 0.2) is 0 Å². The van der Waals surface area contributed by atoms with Crippen molar-refractivity contribution in [2.24, 2.45) is 11.3 Å². The number of allylic oxidation sites excluding steroid dienone is 1. The first-order chi connectivity index (χ1) is 5.76. The molecule has 1 heteroatoms. The predicted octanol–water partition coefficient (Wildman–Crippen LogP) is 2.55. The van der Waals surface area contributed by atoms with E-state index in [1.165, 1.54) is 6.42 Å². The zero-order valence-corrected chi connectivity index (χ0v) is 7.68. The van der Waals surface area contributed by atoms with Crippen molar-refractivity contribution >= 4 is 0 Å². The van der Waals surface area contributed by atoms with Gasteiger partial charge in [0.1, 0.15) is 0 Å². The normalized spacial score (nSPS) is 39.4. The third-order valence-corrected chi connectivity index (χ3v) is 3.26. The van der Waals surface area contributed by atoms with Gasteiger partial charge in [-0.3, -0.25) is 0 Å². The van der Waals surface area contributed by atoms with E-state index in [0.717, 1.165) is 19.6 Å². The van der Waals surface area contributed by atoms with E-state index in [1.807, 2.05) is 6.08 Å². The van der Waals surface area contributed by atoms with Gasteiger partial charge in [-0.15, -0.1) is 6.58 Å². The maximum atomic E-state index is 5.43. The Kier molecular flexibility index (Phi) is 1.84. The van der Waals surface area contributed by atoms with Gasteiger partial charge in [-0.25, -0.2) is 0 Å². The van der Waals surface area contributed by atoms with E-state index in [9.17, 15) is 0 Å². The van der Waals surface area contributed by atoms with Crippen molar-refractivity contribution in [1.29, 1.82) is 0 Å². The van der Waals surface area contributed by atoms with Gasteiger partial charge in [0.25, 0.3) is 0 Å². The average Bonchev–Trinajstić information content (AvgIpc) is 2.04. The summed E-state index contributed by atoms with van der Waals surface area (Å²) in [5, 5.41) is 0. The Labute approximate surface area is 74.1 Å². The molecule has 0 radical (unpaired) electrons. The summed E-state index contributed by atoms with van der Waals surface area (Å²) in [4.78, 5) is 0. The lowest BCUT2D eigenvalue weighted by atomic mass is 9.56. The Balaban J connectivity index is 2.10. The van der Waals surface area contributed by atoms with Crippen LogP contribution in [0.3, 0.4) is 0 Å². The maximum absolute atomic E-state index is 5.43. The highest BCUT2D eigenvalue weighted by molar-refractivity contribution is 5.26. The molecule has 0 N–H and O–H groups in total. The number of hydrogen-bond acceptors (Lipinski definition) is 1. The highest BCUT2D eigenvalue weighted by atomic mass is 16.5. The second-order valence-corrected chi connectivity index (χ2v) is 4.19. The van der Waals surface area contributed by atoms with Gasteiger partial charge in [-0.05, 0) is 18.3 Å². The number of ether oxygens (including phenoxy) is 1. The highest BCUT2D eigenvalue weighted by Gasteiger charge is 2.46. The summed E-state index contributed by atoms with van der Waals surface area (Å²) in [5.41, 5.74) is 2.07. The Morgan fingerprint density at radius 1 is 1.83 bits per heavy atom. The van der Waals surface area contributed by atoms with E-state index in [1.54, 1.807) is 5.57 Å². The van der Waals surface area contributed by atoms with Gasteiger partial charge in [0, 0.05) is 5.92 Å². The zero-order chi connectivity index (χ0) is 8.60. The van der Waals surface area contributed by atoms with Gasteiger partial charge >= 0.3 is 0 Å². The maximum Gasteiger partial charge on any atom is 0.0650 e. The minimum atomic E-state index is 0.452. The van der Waals surface area contributed by atoms with Gasteiger partial charge in [0.05, 0.1) is 13.2 Å². The summed E-state index contributed by atoms with van der Waals surface area (Å²) in [6.45, 7) is 7.90. The van der Waals surface area contributed by atoms with Crippen molar-refractivity contribution in [3.63, 3.8) is 0 Å². The van der Waals surface area contributed by atoms with Gasteiger partial charge in [0.2, 0.25) is 0 Å². The first-order valence-corrected chi connectivity index (χ1v) is 4.64. The molecule has 1 saturated carbocycles. The Morgan fingerprint density at radius 2 is 2.67 bits per heavy atom. The lowest BCUT2D eigenvalue weighted by molar-refractivity contribution is 0.0136. The van der Waals surface area contributed by atoms with E-state index >= 15 is 0 Å². The van der Waals surface area contributed by atoms with Crippen LogP contribution in [0.1, 0.15) is 19.8 Å². The molecule has 1 heterocycles. The fourth-order valence-corrected chi connectivity index (χ4v) is 2.45. The van der Waals surface area contributed by atoms with Crippen LogP contribution in [0.5, 0.6) is 0 Å². The fourth-order valence-electron chi connectivity index (χ4n) is 2.45. The van der Waals surface area contributed by atoms with Crippen molar-refractivity contribution < 1.29 is 4.74 Å². The Bertz CT molecular complexity index is 229. The molecule has 1 nitrogen and oxygen atoms in total. The SMILES string of the molecule is C=CCC1(C)CC2=CCOCC21. The molecule has 1 aliphatic heterocycles. The van der Waals surface area contributed by atoms with E-state index in [2.05, 4.69) is 19.6 Å². The van der Waals surface area contributed by atoms with Crippen molar-refractivity contribution in [3.05, 3.63) is 24.3 Å². The summed E-state index contributed by atoms with van der Waals surface area (Å²) >= 11 is 0. The largest absolute Gasteiger partial charge is 0.377 e. The molecule has 0 spiro atoms. The average molecular weight is 164 g/mol. The molecule has 66 valence electrons. The Morgan fingerprint density at radius 3 is 3.33 bits per heavy atom. The van der Waals surface area contributed by atoms with Gasteiger partial charge in [-0.2, -0.15) is 0 Å². The minimum Gasteiger partial charge on any atom is -0.377 e. The molecule has 2 rings (SSSR count). The zero-order valence-electron chi connectivity index (χ0n) is 7.68. The van der Waals surface area contributed by atoms with Crippen molar-refractivity contribution in [3.8, 4) is 0 Å². The summed E-state index contributed by atoms with van der Waals surface area (Å²) in [6.07, 6.45) is 6.66. The van der Waals surface area contributed by atoms with Crippen LogP contribution >= 0.6 is 0 Å². The molecule has 0 amide bonds. The van der Waals surface area contributed by atoms with Crippen molar-refractivity contribution in [2.45, 2.75) is 19.8 Å². The van der Waals surface area contributed by atoms with Crippen molar-refractivity contribution in [2.75, 3.05) is 13.2 Å². The minimum absolute atomic E-state index is 0.452. The molecule has 1 aliphatic carbocycles. The van der Waals surface area contributed by atoms with E-state index in [0.29, 0.717) is 11.3 Å². The monoisotopic (exact) mass is 164 g/mol. The highest BCUT2D eigenvalue weighted by Crippen LogP contribution is 2.54. The quantitative estimate of drug-likeness (QED) is 0.570. The standard InChI is InChI=1S/C11H16O/c1-3-5-11(2)7-9-4-6-12-8-10(9)11/h3-4,10H,1,5-8H2,2H3. The number of hydrogen-bond donors (Lipinski definition) is 0. The Hall–Kier alpha value is -0.560. The second kappa shape index (κ2) is 2.74. The van der Waals surface area contributed by atoms with E-state index < -0.39 is 0 Å². The first-order valence-electron chi connectivity index (χ1n) is 4.64. The van der Waals surface area contributed by atoms with Crippen LogP contribution in [0.25, 0.3) is 0 Å². The molecule has 0 aromatic rings.